The van der Waals surface area contributed by atoms with Gasteiger partial charge in [-0.1, -0.05) is 32.4 Å². The van der Waals surface area contributed by atoms with Gasteiger partial charge in [-0.15, -0.1) is 0 Å². The molecule has 0 atom stereocenters. The van der Waals surface area contributed by atoms with Crippen molar-refractivity contribution in [2.75, 3.05) is 0 Å². The van der Waals surface area contributed by atoms with Gasteiger partial charge in [-0.25, -0.2) is 4.98 Å². The Morgan fingerprint density at radius 2 is 2.00 bits per heavy atom. The average molecular weight is 237 g/mol. The van der Waals surface area contributed by atoms with Gasteiger partial charge >= 0.3 is 0 Å². The zero-order valence-corrected chi connectivity index (χ0v) is 10.2. The van der Waals surface area contributed by atoms with Crippen molar-refractivity contribution in [2.45, 2.75) is 26.2 Å². The quantitative estimate of drug-likeness (QED) is 0.765. The largest absolute Gasteiger partial charge is 0.319 e. The highest BCUT2D eigenvalue weighted by molar-refractivity contribution is 6.31. The van der Waals surface area contributed by atoms with Crippen LogP contribution in [0.25, 0.3) is 11.0 Å². The lowest BCUT2D eigenvalue weighted by Crippen LogP contribution is -2.26. The predicted molar refractivity (Wildman–Crippen MR) is 66.1 cm³/mol. The third kappa shape index (κ3) is 1.95. The molecule has 1 aromatic carbocycles. The normalized spacial score (nSPS) is 12.0. The van der Waals surface area contributed by atoms with E-state index in [4.69, 9.17) is 11.6 Å². The smallest absolute Gasteiger partial charge is 0.270 e. The summed E-state index contributed by atoms with van der Waals surface area (Å²) in [4.78, 5) is 19.0. The maximum Gasteiger partial charge on any atom is 0.270 e. The fourth-order valence-electron chi connectivity index (χ4n) is 1.56. The molecule has 0 fully saturated rings. The van der Waals surface area contributed by atoms with E-state index in [0.29, 0.717) is 16.2 Å². The second kappa shape index (κ2) is 3.59. The van der Waals surface area contributed by atoms with Gasteiger partial charge in [-0.05, 0) is 18.2 Å². The Bertz CT molecular complexity index is 596. The summed E-state index contributed by atoms with van der Waals surface area (Å²) in [6.45, 7) is 5.88. The van der Waals surface area contributed by atoms with Crippen LogP contribution in [0, 0.1) is 0 Å². The summed E-state index contributed by atoms with van der Waals surface area (Å²) in [5.74, 6) is 0. The molecule has 0 bridgehead atoms. The second-order valence-corrected chi connectivity index (χ2v) is 5.26. The molecule has 3 nitrogen and oxygen atoms in total. The molecule has 2 aromatic rings. The van der Waals surface area contributed by atoms with Crippen LogP contribution in [0.2, 0.25) is 5.02 Å². The fourth-order valence-corrected chi connectivity index (χ4v) is 1.73. The molecule has 0 aliphatic heterocycles. The zero-order chi connectivity index (χ0) is 11.9. The molecule has 0 radical (unpaired) electrons. The standard InChI is InChI=1S/C12H13ClN2O/c1-12(2,3)10-11(16)15-8-5-4-7(13)6-9(8)14-10/h4-6H,1-3H3,(H,15,16). The molecule has 1 aromatic heterocycles. The molecule has 0 aliphatic rings. The summed E-state index contributed by atoms with van der Waals surface area (Å²) in [5.41, 5.74) is 1.55. The topological polar surface area (TPSA) is 45.8 Å². The van der Waals surface area contributed by atoms with Crippen molar-refractivity contribution < 1.29 is 0 Å². The molecule has 1 N–H and O–H groups in total. The van der Waals surface area contributed by atoms with Crippen molar-refractivity contribution >= 4 is 22.6 Å². The summed E-state index contributed by atoms with van der Waals surface area (Å²) in [6, 6.07) is 5.25. The van der Waals surface area contributed by atoms with E-state index in [9.17, 15) is 4.79 Å². The Morgan fingerprint density at radius 3 is 2.62 bits per heavy atom. The zero-order valence-electron chi connectivity index (χ0n) is 9.47. The number of hydrogen-bond donors (Lipinski definition) is 1. The molecule has 0 unspecified atom stereocenters. The van der Waals surface area contributed by atoms with E-state index in [0.717, 1.165) is 5.52 Å². The van der Waals surface area contributed by atoms with Crippen LogP contribution in [0.15, 0.2) is 23.0 Å². The average Bonchev–Trinajstić information content (AvgIpc) is 2.16. The van der Waals surface area contributed by atoms with Crippen LogP contribution in [0.1, 0.15) is 26.5 Å². The van der Waals surface area contributed by atoms with Gasteiger partial charge in [-0.2, -0.15) is 0 Å². The Balaban J connectivity index is 2.79. The van der Waals surface area contributed by atoms with Gasteiger partial charge in [0.25, 0.3) is 5.56 Å². The van der Waals surface area contributed by atoms with Crippen LogP contribution in [-0.2, 0) is 5.41 Å². The van der Waals surface area contributed by atoms with E-state index < -0.39 is 0 Å². The number of hydrogen-bond acceptors (Lipinski definition) is 2. The number of H-pyrrole nitrogens is 1. The van der Waals surface area contributed by atoms with Crippen molar-refractivity contribution in [2.24, 2.45) is 0 Å². The van der Waals surface area contributed by atoms with Gasteiger partial charge in [0.15, 0.2) is 0 Å². The van der Waals surface area contributed by atoms with Gasteiger partial charge in [0, 0.05) is 10.4 Å². The minimum atomic E-state index is -0.274. The molecular formula is C12H13ClN2O. The lowest BCUT2D eigenvalue weighted by atomic mass is 9.92. The number of nitrogens with zero attached hydrogens (tertiary/aromatic N) is 1. The number of aromatic amines is 1. The molecule has 0 spiro atoms. The van der Waals surface area contributed by atoms with Crippen LogP contribution in [0.3, 0.4) is 0 Å². The molecule has 0 saturated carbocycles. The van der Waals surface area contributed by atoms with E-state index in [1.807, 2.05) is 20.8 Å². The third-order valence-electron chi connectivity index (χ3n) is 2.37. The van der Waals surface area contributed by atoms with Crippen LogP contribution < -0.4 is 5.56 Å². The summed E-state index contributed by atoms with van der Waals surface area (Å²) in [5, 5.41) is 0.618. The lowest BCUT2D eigenvalue weighted by Gasteiger charge is -2.16. The predicted octanol–water partition coefficient (Wildman–Crippen LogP) is 2.87. The van der Waals surface area contributed by atoms with Crippen LogP contribution in [-0.4, -0.2) is 9.97 Å². The Kier molecular flexibility index (Phi) is 2.50. The molecule has 2 rings (SSSR count). The first-order valence-electron chi connectivity index (χ1n) is 5.08. The number of halogens is 1. The van der Waals surface area contributed by atoms with E-state index in [-0.39, 0.29) is 11.0 Å². The minimum Gasteiger partial charge on any atom is -0.319 e. The van der Waals surface area contributed by atoms with Crippen LogP contribution >= 0.6 is 11.6 Å². The Hall–Kier alpha value is -1.35. The fraction of sp³-hybridized carbons (Fsp3) is 0.333. The van der Waals surface area contributed by atoms with Crippen LogP contribution in [0.5, 0.6) is 0 Å². The highest BCUT2D eigenvalue weighted by atomic mass is 35.5. The number of rotatable bonds is 0. The Labute approximate surface area is 98.5 Å². The van der Waals surface area contributed by atoms with Crippen molar-refractivity contribution in [1.29, 1.82) is 0 Å². The first kappa shape index (κ1) is 11.1. The SMILES string of the molecule is CC(C)(C)c1nc2cc(Cl)ccc2[nH]c1=O. The molecule has 16 heavy (non-hydrogen) atoms. The second-order valence-electron chi connectivity index (χ2n) is 4.83. The van der Waals surface area contributed by atoms with Crippen molar-refractivity contribution in [1.82, 2.24) is 9.97 Å². The maximum atomic E-state index is 11.8. The van der Waals surface area contributed by atoms with Crippen molar-refractivity contribution in [3.8, 4) is 0 Å². The summed E-state index contributed by atoms with van der Waals surface area (Å²) in [7, 11) is 0. The summed E-state index contributed by atoms with van der Waals surface area (Å²) >= 11 is 5.89. The molecule has 84 valence electrons. The number of benzene rings is 1. The van der Waals surface area contributed by atoms with E-state index in [2.05, 4.69) is 9.97 Å². The molecule has 0 aliphatic carbocycles. The molecule has 0 amide bonds. The molecule has 1 heterocycles. The number of nitrogens with one attached hydrogen (secondary N) is 1. The van der Waals surface area contributed by atoms with Gasteiger partial charge in [0.05, 0.1) is 11.0 Å². The molecule has 0 saturated heterocycles. The van der Waals surface area contributed by atoms with Gasteiger partial charge < -0.3 is 4.98 Å². The third-order valence-corrected chi connectivity index (χ3v) is 2.60. The first-order chi connectivity index (χ1) is 7.38. The number of fused-ring (bicyclic) bond motifs is 1. The first-order valence-corrected chi connectivity index (χ1v) is 5.46. The van der Waals surface area contributed by atoms with Gasteiger partial charge in [0.1, 0.15) is 5.69 Å². The van der Waals surface area contributed by atoms with Crippen molar-refractivity contribution in [3.63, 3.8) is 0 Å². The minimum absolute atomic E-state index is 0.137. The number of aromatic nitrogens is 2. The van der Waals surface area contributed by atoms with E-state index >= 15 is 0 Å². The highest BCUT2D eigenvalue weighted by Crippen LogP contribution is 2.20. The van der Waals surface area contributed by atoms with E-state index in [1.54, 1.807) is 18.2 Å². The van der Waals surface area contributed by atoms with Gasteiger partial charge in [0.2, 0.25) is 0 Å². The monoisotopic (exact) mass is 236 g/mol. The van der Waals surface area contributed by atoms with Crippen LogP contribution in [0.4, 0.5) is 0 Å². The maximum absolute atomic E-state index is 11.8. The van der Waals surface area contributed by atoms with E-state index in [1.165, 1.54) is 0 Å². The van der Waals surface area contributed by atoms with Crippen molar-refractivity contribution in [3.05, 3.63) is 39.3 Å². The molecule has 4 heteroatoms. The van der Waals surface area contributed by atoms with Gasteiger partial charge in [-0.3, -0.25) is 4.79 Å². The summed E-state index contributed by atoms with van der Waals surface area (Å²) < 4.78 is 0. The molecular weight excluding hydrogens is 224 g/mol. The summed E-state index contributed by atoms with van der Waals surface area (Å²) in [6.07, 6.45) is 0. The Morgan fingerprint density at radius 1 is 1.31 bits per heavy atom. The lowest BCUT2D eigenvalue weighted by molar-refractivity contribution is 0.562. The highest BCUT2D eigenvalue weighted by Gasteiger charge is 2.20.